The molecule has 0 aromatic heterocycles. The number of carbonyl (C=O) groups is 1. The third-order valence-electron chi connectivity index (χ3n) is 1.77. The average molecular weight is 266 g/mol. The van der Waals surface area contributed by atoms with Crippen molar-refractivity contribution in [2.45, 2.75) is 6.43 Å². The molecular weight excluding hydrogens is 260 g/mol. The van der Waals surface area contributed by atoms with Crippen molar-refractivity contribution in [2.75, 3.05) is 6.61 Å². The van der Waals surface area contributed by atoms with Gasteiger partial charge in [-0.1, -0.05) is 11.6 Å². The number of carbonyl (C=O) groups excluding carboxylic acids is 1. The van der Waals surface area contributed by atoms with Crippen LogP contribution in [0, 0.1) is 10.1 Å². The zero-order valence-electron chi connectivity index (χ0n) is 8.23. The quantitative estimate of drug-likeness (QED) is 0.466. The van der Waals surface area contributed by atoms with E-state index in [4.69, 9.17) is 11.6 Å². The molecule has 0 bridgehead atoms. The van der Waals surface area contributed by atoms with Gasteiger partial charge in [0.25, 0.3) is 12.1 Å². The first-order valence-corrected chi connectivity index (χ1v) is 4.67. The highest BCUT2D eigenvalue weighted by Gasteiger charge is 2.18. The molecular formula is C9H6ClF2NO4. The van der Waals surface area contributed by atoms with Crippen LogP contribution < -0.4 is 4.74 Å². The molecule has 0 heterocycles. The van der Waals surface area contributed by atoms with Crippen LogP contribution in [0.1, 0.15) is 10.4 Å². The van der Waals surface area contributed by atoms with Gasteiger partial charge in [0.2, 0.25) is 0 Å². The molecule has 0 atom stereocenters. The van der Waals surface area contributed by atoms with E-state index in [0.717, 1.165) is 12.1 Å². The molecule has 1 rings (SSSR count). The lowest BCUT2D eigenvalue weighted by atomic mass is 10.2. The fourth-order valence-electron chi connectivity index (χ4n) is 1.07. The summed E-state index contributed by atoms with van der Waals surface area (Å²) in [4.78, 5) is 20.3. The van der Waals surface area contributed by atoms with Crippen LogP contribution in [0.25, 0.3) is 0 Å². The number of nitrogens with zero attached hydrogens (tertiary/aromatic N) is 1. The Morgan fingerprint density at radius 2 is 2.18 bits per heavy atom. The first kappa shape index (κ1) is 13.3. The number of alkyl halides is 2. The van der Waals surface area contributed by atoms with Crippen molar-refractivity contribution < 1.29 is 23.2 Å². The predicted molar refractivity (Wildman–Crippen MR) is 55.0 cm³/mol. The smallest absolute Gasteiger partial charge is 0.283 e. The summed E-state index contributed by atoms with van der Waals surface area (Å²) in [6.07, 6.45) is -2.48. The van der Waals surface area contributed by atoms with E-state index >= 15 is 0 Å². The summed E-state index contributed by atoms with van der Waals surface area (Å²) in [6, 6.07) is 1.84. The second-order valence-corrected chi connectivity index (χ2v) is 3.33. The molecule has 0 fully saturated rings. The van der Waals surface area contributed by atoms with Gasteiger partial charge in [-0.05, 0) is 6.07 Å². The lowest BCUT2D eigenvalue weighted by Gasteiger charge is -2.07. The number of hydrogen-bond acceptors (Lipinski definition) is 4. The largest absolute Gasteiger partial charge is 0.486 e. The average Bonchev–Trinajstić information content (AvgIpc) is 2.26. The summed E-state index contributed by atoms with van der Waals surface area (Å²) in [5, 5.41) is 10.4. The van der Waals surface area contributed by atoms with Crippen molar-refractivity contribution in [2.24, 2.45) is 0 Å². The molecule has 0 saturated carbocycles. The Balaban J connectivity index is 3.10. The van der Waals surface area contributed by atoms with E-state index in [9.17, 15) is 23.7 Å². The molecule has 0 spiro atoms. The zero-order chi connectivity index (χ0) is 13.0. The van der Waals surface area contributed by atoms with Gasteiger partial charge in [0.15, 0.2) is 6.29 Å². The van der Waals surface area contributed by atoms with E-state index in [1.54, 1.807) is 0 Å². The number of rotatable bonds is 5. The van der Waals surface area contributed by atoms with Crippen molar-refractivity contribution in [1.29, 1.82) is 0 Å². The molecule has 8 heteroatoms. The van der Waals surface area contributed by atoms with E-state index < -0.39 is 23.6 Å². The van der Waals surface area contributed by atoms with Crippen molar-refractivity contribution in [1.82, 2.24) is 0 Å². The Labute approximate surface area is 99.1 Å². The van der Waals surface area contributed by atoms with Crippen LogP contribution in [-0.2, 0) is 0 Å². The molecule has 1 aromatic carbocycles. The molecule has 92 valence electrons. The Bertz CT molecular complexity index is 453. The van der Waals surface area contributed by atoms with Crippen LogP contribution >= 0.6 is 11.6 Å². The maximum atomic E-state index is 11.9. The maximum absolute atomic E-state index is 11.9. The Morgan fingerprint density at radius 3 is 2.65 bits per heavy atom. The fourth-order valence-corrected chi connectivity index (χ4v) is 1.30. The number of nitro groups is 1. The van der Waals surface area contributed by atoms with Gasteiger partial charge in [0.1, 0.15) is 12.4 Å². The highest BCUT2D eigenvalue weighted by atomic mass is 35.5. The molecule has 0 radical (unpaired) electrons. The topological polar surface area (TPSA) is 69.4 Å². The zero-order valence-corrected chi connectivity index (χ0v) is 8.99. The fraction of sp³-hybridized carbons (Fsp3) is 0.222. The third-order valence-corrected chi connectivity index (χ3v) is 2.07. The van der Waals surface area contributed by atoms with Crippen molar-refractivity contribution in [3.8, 4) is 5.75 Å². The molecule has 0 N–H and O–H groups in total. The normalized spacial score (nSPS) is 10.4. The highest BCUT2D eigenvalue weighted by Crippen LogP contribution is 2.32. The molecule has 0 saturated heterocycles. The minimum atomic E-state index is -2.73. The van der Waals surface area contributed by atoms with E-state index in [1.807, 2.05) is 0 Å². The van der Waals surface area contributed by atoms with Crippen molar-refractivity contribution >= 4 is 23.6 Å². The standard InChI is InChI=1S/C9H6ClF2NO4/c10-6-1-5(3-14)7(13(15)16)2-8(6)17-4-9(11)12/h1-3,9H,4H2. The number of aldehydes is 1. The van der Waals surface area contributed by atoms with Gasteiger partial charge in [-0.25, -0.2) is 8.78 Å². The summed E-state index contributed by atoms with van der Waals surface area (Å²) >= 11 is 5.62. The van der Waals surface area contributed by atoms with Gasteiger partial charge in [-0.3, -0.25) is 14.9 Å². The monoisotopic (exact) mass is 265 g/mol. The van der Waals surface area contributed by atoms with Crippen LogP contribution in [0.4, 0.5) is 14.5 Å². The molecule has 0 aliphatic heterocycles. The van der Waals surface area contributed by atoms with Crippen LogP contribution in [-0.4, -0.2) is 24.2 Å². The highest BCUT2D eigenvalue weighted by molar-refractivity contribution is 6.32. The number of halogens is 3. The van der Waals surface area contributed by atoms with Crippen molar-refractivity contribution in [3.05, 3.63) is 32.8 Å². The number of ether oxygens (including phenoxy) is 1. The third kappa shape index (κ3) is 3.35. The Kier molecular flexibility index (Phi) is 4.33. The first-order chi connectivity index (χ1) is 7.95. The minimum Gasteiger partial charge on any atom is -0.486 e. The molecule has 17 heavy (non-hydrogen) atoms. The van der Waals surface area contributed by atoms with Gasteiger partial charge in [-0.2, -0.15) is 0 Å². The summed E-state index contributed by atoms with van der Waals surface area (Å²) in [5.41, 5.74) is -0.793. The van der Waals surface area contributed by atoms with Crippen molar-refractivity contribution in [3.63, 3.8) is 0 Å². The van der Waals surface area contributed by atoms with Crippen LogP contribution in [0.2, 0.25) is 5.02 Å². The Hall–Kier alpha value is -1.76. The van der Waals surface area contributed by atoms with E-state index in [-0.39, 0.29) is 22.6 Å². The second kappa shape index (κ2) is 5.53. The second-order valence-electron chi connectivity index (χ2n) is 2.92. The molecule has 0 amide bonds. The SMILES string of the molecule is O=Cc1cc(Cl)c(OCC(F)F)cc1[N+](=O)[O-]. The molecule has 0 aliphatic rings. The van der Waals surface area contributed by atoms with Crippen LogP contribution in [0.3, 0.4) is 0 Å². The van der Waals surface area contributed by atoms with Gasteiger partial charge in [0, 0.05) is 0 Å². The number of hydrogen-bond donors (Lipinski definition) is 0. The Morgan fingerprint density at radius 1 is 1.53 bits per heavy atom. The predicted octanol–water partition coefficient (Wildman–Crippen LogP) is 2.70. The lowest BCUT2D eigenvalue weighted by Crippen LogP contribution is -2.08. The summed E-state index contributed by atoms with van der Waals surface area (Å²) in [6.45, 7) is -0.933. The molecule has 0 unspecified atom stereocenters. The molecule has 1 aromatic rings. The summed E-state index contributed by atoms with van der Waals surface area (Å²) in [7, 11) is 0. The first-order valence-electron chi connectivity index (χ1n) is 4.29. The lowest BCUT2D eigenvalue weighted by molar-refractivity contribution is -0.385. The summed E-state index contributed by atoms with van der Waals surface area (Å²) < 4.78 is 28.4. The van der Waals surface area contributed by atoms with E-state index in [2.05, 4.69) is 4.74 Å². The summed E-state index contributed by atoms with van der Waals surface area (Å²) in [5.74, 6) is -0.260. The van der Waals surface area contributed by atoms with Crippen LogP contribution in [0.5, 0.6) is 5.75 Å². The number of nitro benzene ring substituents is 1. The maximum Gasteiger partial charge on any atom is 0.283 e. The van der Waals surface area contributed by atoms with Gasteiger partial charge in [-0.15, -0.1) is 0 Å². The van der Waals surface area contributed by atoms with Crippen LogP contribution in [0.15, 0.2) is 12.1 Å². The van der Waals surface area contributed by atoms with E-state index in [0.29, 0.717) is 0 Å². The van der Waals surface area contributed by atoms with Gasteiger partial charge < -0.3 is 4.74 Å². The number of benzene rings is 1. The molecule has 0 aliphatic carbocycles. The minimum absolute atomic E-state index is 0.140. The van der Waals surface area contributed by atoms with Gasteiger partial charge in [0.05, 0.1) is 21.6 Å². The van der Waals surface area contributed by atoms with Gasteiger partial charge >= 0.3 is 0 Å². The molecule has 5 nitrogen and oxygen atoms in total. The van der Waals surface area contributed by atoms with E-state index in [1.165, 1.54) is 0 Å².